The van der Waals surface area contributed by atoms with E-state index in [1.165, 1.54) is 11.3 Å². The van der Waals surface area contributed by atoms with Crippen molar-refractivity contribution in [3.05, 3.63) is 23.5 Å². The maximum Gasteiger partial charge on any atom is 0.407 e. The number of thiazole rings is 1. The fraction of sp³-hybridized carbons (Fsp3) is 0.375. The molecular weight excluding hydrogens is 188 g/mol. The molecular formula is C8H11N2O2S. The molecule has 71 valence electrons. The Hall–Kier alpha value is -1.10. The number of carbonyl (C=O) groups is 1. The molecule has 1 unspecified atom stereocenters. The molecule has 0 aliphatic carbocycles. The highest BCUT2D eigenvalue weighted by atomic mass is 32.1. The highest BCUT2D eigenvalue weighted by molar-refractivity contribution is 7.09. The number of hydrogen-bond donors (Lipinski definition) is 1. The zero-order chi connectivity index (χ0) is 9.68. The minimum Gasteiger partial charge on any atom is -0.444 e. The molecule has 5 heteroatoms. The molecule has 1 N–H and O–H groups in total. The summed E-state index contributed by atoms with van der Waals surface area (Å²) in [5.74, 6) is 0. The Balaban J connectivity index is 2.23. The standard InChI is InChI=1S/C8H11N2O2S/c1-6(2)10-8(11)12-4-7-3-9-5-13-7/h3,5-6H,1,4H2,2H3,(H,10,11). The summed E-state index contributed by atoms with van der Waals surface area (Å²) >= 11 is 1.45. The summed E-state index contributed by atoms with van der Waals surface area (Å²) in [5, 5.41) is 2.52. The molecule has 0 aromatic carbocycles. The van der Waals surface area contributed by atoms with E-state index < -0.39 is 6.09 Å². The van der Waals surface area contributed by atoms with Crippen molar-refractivity contribution in [1.29, 1.82) is 0 Å². The van der Waals surface area contributed by atoms with E-state index in [-0.39, 0.29) is 12.6 Å². The van der Waals surface area contributed by atoms with Gasteiger partial charge in [-0.2, -0.15) is 0 Å². The summed E-state index contributed by atoms with van der Waals surface area (Å²) in [6.07, 6.45) is 1.22. The lowest BCUT2D eigenvalue weighted by Crippen LogP contribution is -2.30. The van der Waals surface area contributed by atoms with E-state index in [1.807, 2.05) is 0 Å². The number of aromatic nitrogens is 1. The molecule has 13 heavy (non-hydrogen) atoms. The van der Waals surface area contributed by atoms with Crippen LogP contribution in [0.5, 0.6) is 0 Å². The normalized spacial score (nSPS) is 10.1. The maximum atomic E-state index is 11.0. The summed E-state index contributed by atoms with van der Waals surface area (Å²) in [4.78, 5) is 15.7. The Labute approximate surface area is 80.9 Å². The molecule has 0 saturated heterocycles. The summed E-state index contributed by atoms with van der Waals surface area (Å²) in [6.45, 7) is 5.64. The van der Waals surface area contributed by atoms with Crippen molar-refractivity contribution in [1.82, 2.24) is 10.3 Å². The van der Waals surface area contributed by atoms with Crippen molar-refractivity contribution in [2.24, 2.45) is 0 Å². The van der Waals surface area contributed by atoms with Crippen molar-refractivity contribution >= 4 is 17.4 Å². The van der Waals surface area contributed by atoms with Gasteiger partial charge in [-0.25, -0.2) is 4.79 Å². The van der Waals surface area contributed by atoms with Crippen LogP contribution in [0.2, 0.25) is 0 Å². The lowest BCUT2D eigenvalue weighted by atomic mass is 10.4. The lowest BCUT2D eigenvalue weighted by Gasteiger charge is -2.07. The van der Waals surface area contributed by atoms with E-state index in [0.29, 0.717) is 0 Å². The van der Waals surface area contributed by atoms with E-state index in [4.69, 9.17) is 4.74 Å². The first-order chi connectivity index (χ1) is 6.18. The first-order valence-electron chi connectivity index (χ1n) is 3.82. The van der Waals surface area contributed by atoms with Crippen LogP contribution in [0.3, 0.4) is 0 Å². The van der Waals surface area contributed by atoms with Gasteiger partial charge < -0.3 is 10.1 Å². The van der Waals surface area contributed by atoms with Crippen LogP contribution in [-0.4, -0.2) is 17.1 Å². The number of alkyl carbamates (subject to hydrolysis) is 1. The van der Waals surface area contributed by atoms with Crippen LogP contribution < -0.4 is 5.32 Å². The highest BCUT2D eigenvalue weighted by Crippen LogP contribution is 2.06. The minimum atomic E-state index is -0.448. The second-order valence-corrected chi connectivity index (χ2v) is 3.56. The van der Waals surface area contributed by atoms with Crippen molar-refractivity contribution in [2.75, 3.05) is 0 Å². The topological polar surface area (TPSA) is 51.2 Å². The number of hydrogen-bond acceptors (Lipinski definition) is 4. The first-order valence-corrected chi connectivity index (χ1v) is 4.70. The van der Waals surface area contributed by atoms with Crippen LogP contribution in [0.15, 0.2) is 11.7 Å². The SMILES string of the molecule is [CH2]C(C)NC(=O)OCc1cncs1. The van der Waals surface area contributed by atoms with Crippen LogP contribution in [0, 0.1) is 6.92 Å². The highest BCUT2D eigenvalue weighted by Gasteiger charge is 2.04. The molecule has 0 aliphatic heterocycles. The van der Waals surface area contributed by atoms with Crippen molar-refractivity contribution < 1.29 is 9.53 Å². The summed E-state index contributed by atoms with van der Waals surface area (Å²) in [5.41, 5.74) is 1.70. The van der Waals surface area contributed by atoms with Gasteiger partial charge >= 0.3 is 6.09 Å². The van der Waals surface area contributed by atoms with Crippen molar-refractivity contribution in [2.45, 2.75) is 19.6 Å². The van der Waals surface area contributed by atoms with Crippen LogP contribution in [0.4, 0.5) is 4.79 Å². The number of nitrogens with zero attached hydrogens (tertiary/aromatic N) is 1. The molecule has 1 aromatic heterocycles. The molecule has 1 atom stereocenters. The van der Waals surface area contributed by atoms with Gasteiger partial charge in [0.15, 0.2) is 0 Å². The number of carbonyl (C=O) groups excluding carboxylic acids is 1. The average Bonchev–Trinajstić information content (AvgIpc) is 2.51. The van der Waals surface area contributed by atoms with E-state index in [9.17, 15) is 4.79 Å². The Morgan fingerprint density at radius 1 is 1.92 bits per heavy atom. The fourth-order valence-electron chi connectivity index (χ4n) is 0.693. The van der Waals surface area contributed by atoms with Gasteiger partial charge in [0.1, 0.15) is 6.61 Å². The van der Waals surface area contributed by atoms with Gasteiger partial charge in [-0.1, -0.05) is 0 Å². The molecule has 0 fully saturated rings. The fourth-order valence-corrected chi connectivity index (χ4v) is 1.20. The van der Waals surface area contributed by atoms with Gasteiger partial charge in [0.2, 0.25) is 0 Å². The van der Waals surface area contributed by atoms with Gasteiger partial charge in [0.25, 0.3) is 0 Å². The molecule has 1 radical (unpaired) electrons. The van der Waals surface area contributed by atoms with Crippen molar-refractivity contribution in [3.8, 4) is 0 Å². The summed E-state index contributed by atoms with van der Waals surface area (Å²) in [6, 6.07) is -0.144. The summed E-state index contributed by atoms with van der Waals surface area (Å²) in [7, 11) is 0. The van der Waals surface area contributed by atoms with Gasteiger partial charge in [0, 0.05) is 12.2 Å². The predicted octanol–water partition coefficient (Wildman–Crippen LogP) is 1.59. The van der Waals surface area contributed by atoms with E-state index in [1.54, 1.807) is 18.6 Å². The Morgan fingerprint density at radius 2 is 2.69 bits per heavy atom. The van der Waals surface area contributed by atoms with Crippen LogP contribution in [0.1, 0.15) is 11.8 Å². The molecule has 0 bridgehead atoms. The van der Waals surface area contributed by atoms with Crippen LogP contribution in [-0.2, 0) is 11.3 Å². The predicted molar refractivity (Wildman–Crippen MR) is 50.3 cm³/mol. The van der Waals surface area contributed by atoms with Gasteiger partial charge in [0.05, 0.1) is 10.4 Å². The monoisotopic (exact) mass is 199 g/mol. The number of amides is 1. The van der Waals surface area contributed by atoms with Gasteiger partial charge in [-0.05, 0) is 13.8 Å². The average molecular weight is 199 g/mol. The third-order valence-electron chi connectivity index (χ3n) is 1.19. The van der Waals surface area contributed by atoms with E-state index in [0.717, 1.165) is 4.88 Å². The van der Waals surface area contributed by atoms with Crippen LogP contribution in [0.25, 0.3) is 0 Å². The van der Waals surface area contributed by atoms with E-state index in [2.05, 4.69) is 17.2 Å². The Bertz CT molecular complexity index is 259. The van der Waals surface area contributed by atoms with Gasteiger partial charge in [-0.3, -0.25) is 4.98 Å². The molecule has 1 aromatic rings. The Morgan fingerprint density at radius 3 is 3.23 bits per heavy atom. The molecule has 1 rings (SSSR count). The quantitative estimate of drug-likeness (QED) is 0.804. The second-order valence-electron chi connectivity index (χ2n) is 2.59. The second kappa shape index (κ2) is 4.81. The third kappa shape index (κ3) is 3.89. The van der Waals surface area contributed by atoms with E-state index >= 15 is 0 Å². The number of rotatable bonds is 3. The smallest absolute Gasteiger partial charge is 0.407 e. The maximum absolute atomic E-state index is 11.0. The van der Waals surface area contributed by atoms with Crippen LogP contribution >= 0.6 is 11.3 Å². The molecule has 0 saturated carbocycles. The zero-order valence-corrected chi connectivity index (χ0v) is 8.13. The number of ether oxygens (including phenoxy) is 1. The van der Waals surface area contributed by atoms with Gasteiger partial charge in [-0.15, -0.1) is 11.3 Å². The number of nitrogens with one attached hydrogen (secondary N) is 1. The lowest BCUT2D eigenvalue weighted by molar-refractivity contribution is 0.139. The zero-order valence-electron chi connectivity index (χ0n) is 7.32. The molecule has 1 amide bonds. The third-order valence-corrected chi connectivity index (χ3v) is 1.95. The minimum absolute atomic E-state index is 0.144. The molecule has 0 aliphatic rings. The first kappa shape index (κ1) is 9.98. The molecule has 0 spiro atoms. The Kier molecular flexibility index (Phi) is 3.70. The largest absolute Gasteiger partial charge is 0.444 e. The van der Waals surface area contributed by atoms with Crippen molar-refractivity contribution in [3.63, 3.8) is 0 Å². The molecule has 4 nitrogen and oxygen atoms in total. The summed E-state index contributed by atoms with van der Waals surface area (Å²) < 4.78 is 4.88. The molecule has 1 heterocycles.